The van der Waals surface area contributed by atoms with Crippen molar-refractivity contribution >= 4 is 0 Å². The molecule has 3 aromatic carbocycles. The average molecular weight is 382 g/mol. The summed E-state index contributed by atoms with van der Waals surface area (Å²) in [5, 5.41) is 4.66. The Hall–Kier alpha value is -3.20. The Morgan fingerprint density at radius 2 is 1.24 bits per heavy atom. The number of hydrogen-bond acceptors (Lipinski definition) is 2. The molecule has 0 aliphatic carbocycles. The second kappa shape index (κ2) is 8.04. The van der Waals surface area contributed by atoms with Crippen LogP contribution in [0.15, 0.2) is 79.1 Å². The molecule has 0 aliphatic heterocycles. The van der Waals surface area contributed by atoms with Crippen LogP contribution < -0.4 is 0 Å². The normalized spacial score (nSPS) is 11.4. The van der Waals surface area contributed by atoms with Crippen LogP contribution in [0.2, 0.25) is 0 Å². The second-order valence-corrected chi connectivity index (χ2v) is 8.04. The van der Waals surface area contributed by atoms with Crippen LogP contribution in [-0.4, -0.2) is 14.8 Å². The molecule has 0 saturated carbocycles. The first-order valence-electron chi connectivity index (χ1n) is 10.3. The van der Waals surface area contributed by atoms with Crippen molar-refractivity contribution in [2.75, 3.05) is 0 Å². The molecule has 29 heavy (non-hydrogen) atoms. The van der Waals surface area contributed by atoms with E-state index in [-0.39, 0.29) is 0 Å². The minimum absolute atomic E-state index is 0.399. The molecule has 3 heteroatoms. The Balaban J connectivity index is 1.88. The molecule has 1 heterocycles. The number of para-hydroxylation sites is 1. The molecule has 0 unspecified atom stereocenters. The van der Waals surface area contributed by atoms with Crippen molar-refractivity contribution < 1.29 is 0 Å². The summed E-state index contributed by atoms with van der Waals surface area (Å²) in [6, 6.07) is 25.6. The maximum absolute atomic E-state index is 4.66. The van der Waals surface area contributed by atoms with Crippen molar-refractivity contribution in [1.82, 2.24) is 14.8 Å². The lowest BCUT2D eigenvalue weighted by Gasteiger charge is -2.20. The molecule has 3 nitrogen and oxygen atoms in total. The lowest BCUT2D eigenvalue weighted by atomic mass is 9.92. The Kier molecular flexibility index (Phi) is 5.30. The van der Waals surface area contributed by atoms with Gasteiger partial charge >= 0.3 is 0 Å². The fourth-order valence-electron chi connectivity index (χ4n) is 3.83. The quantitative estimate of drug-likeness (QED) is 0.378. The first-order chi connectivity index (χ1) is 14.1. The molecule has 0 amide bonds. The van der Waals surface area contributed by atoms with Crippen molar-refractivity contribution in [2.24, 2.45) is 0 Å². The van der Waals surface area contributed by atoms with E-state index in [0.717, 1.165) is 17.1 Å². The van der Waals surface area contributed by atoms with Crippen LogP contribution in [0.3, 0.4) is 0 Å². The van der Waals surface area contributed by atoms with E-state index in [1.54, 1.807) is 6.33 Å². The molecule has 0 N–H and O–H groups in total. The molecule has 0 fully saturated rings. The first kappa shape index (κ1) is 19.1. The summed E-state index contributed by atoms with van der Waals surface area (Å²) in [6.45, 7) is 8.93. The fraction of sp³-hybridized carbons (Fsp3) is 0.231. The van der Waals surface area contributed by atoms with E-state index in [1.165, 1.54) is 22.3 Å². The van der Waals surface area contributed by atoms with Crippen molar-refractivity contribution in [3.63, 3.8) is 0 Å². The highest BCUT2D eigenvalue weighted by Crippen LogP contribution is 2.33. The fourth-order valence-corrected chi connectivity index (χ4v) is 3.83. The van der Waals surface area contributed by atoms with E-state index in [0.29, 0.717) is 11.8 Å². The molecule has 4 rings (SSSR count). The predicted octanol–water partition coefficient (Wildman–Crippen LogP) is 6.85. The van der Waals surface area contributed by atoms with Gasteiger partial charge in [-0.2, -0.15) is 5.10 Å². The van der Waals surface area contributed by atoms with E-state index in [1.807, 2.05) is 10.7 Å². The van der Waals surface area contributed by atoms with Gasteiger partial charge in [-0.1, -0.05) is 94.4 Å². The first-order valence-corrected chi connectivity index (χ1v) is 10.3. The molecule has 0 aliphatic rings. The highest BCUT2D eigenvalue weighted by atomic mass is 15.3. The number of hydrogen-bond donors (Lipinski definition) is 0. The summed E-state index contributed by atoms with van der Waals surface area (Å²) in [5.41, 5.74) is 7.20. The van der Waals surface area contributed by atoms with Crippen LogP contribution in [0.25, 0.3) is 28.2 Å². The monoisotopic (exact) mass is 381 g/mol. The SMILES string of the molecule is CC(C)c1cccc(C(C)C)c1-n1ncnc1-c1cccc(-c2ccccc2)c1. The summed E-state index contributed by atoms with van der Waals surface area (Å²) in [6.07, 6.45) is 1.66. The topological polar surface area (TPSA) is 30.7 Å². The molecule has 0 radical (unpaired) electrons. The summed E-state index contributed by atoms with van der Waals surface area (Å²) in [7, 11) is 0. The maximum atomic E-state index is 4.66. The minimum Gasteiger partial charge on any atom is -0.215 e. The van der Waals surface area contributed by atoms with Gasteiger partial charge in [0.2, 0.25) is 0 Å². The van der Waals surface area contributed by atoms with Gasteiger partial charge in [0.15, 0.2) is 5.82 Å². The largest absolute Gasteiger partial charge is 0.215 e. The lowest BCUT2D eigenvalue weighted by molar-refractivity contribution is 0.773. The van der Waals surface area contributed by atoms with Crippen LogP contribution in [0.4, 0.5) is 0 Å². The number of nitrogens with zero attached hydrogens (tertiary/aromatic N) is 3. The Labute approximate surface area is 173 Å². The zero-order valence-corrected chi connectivity index (χ0v) is 17.5. The Morgan fingerprint density at radius 3 is 1.90 bits per heavy atom. The molecular weight excluding hydrogens is 354 g/mol. The Bertz CT molecular complexity index is 1080. The van der Waals surface area contributed by atoms with Gasteiger partial charge in [-0.15, -0.1) is 0 Å². The van der Waals surface area contributed by atoms with Crippen LogP contribution >= 0.6 is 0 Å². The van der Waals surface area contributed by atoms with Gasteiger partial charge in [0.05, 0.1) is 5.69 Å². The van der Waals surface area contributed by atoms with Crippen molar-refractivity contribution in [3.8, 4) is 28.2 Å². The third kappa shape index (κ3) is 3.73. The third-order valence-corrected chi connectivity index (χ3v) is 5.33. The molecule has 1 aromatic heterocycles. The highest BCUT2D eigenvalue weighted by Gasteiger charge is 2.19. The highest BCUT2D eigenvalue weighted by molar-refractivity contribution is 5.71. The Morgan fingerprint density at radius 1 is 0.655 bits per heavy atom. The summed E-state index contributed by atoms with van der Waals surface area (Å²) < 4.78 is 2.02. The third-order valence-electron chi connectivity index (χ3n) is 5.33. The van der Waals surface area contributed by atoms with E-state index >= 15 is 0 Å². The van der Waals surface area contributed by atoms with Crippen LogP contribution in [0.1, 0.15) is 50.7 Å². The van der Waals surface area contributed by atoms with Crippen molar-refractivity contribution in [3.05, 3.63) is 90.3 Å². The van der Waals surface area contributed by atoms with Gasteiger partial charge in [0.1, 0.15) is 6.33 Å². The van der Waals surface area contributed by atoms with Crippen molar-refractivity contribution in [2.45, 2.75) is 39.5 Å². The number of aromatic nitrogens is 3. The van der Waals surface area contributed by atoms with Gasteiger partial charge in [-0.25, -0.2) is 9.67 Å². The van der Waals surface area contributed by atoms with Crippen LogP contribution in [0.5, 0.6) is 0 Å². The lowest BCUT2D eigenvalue weighted by Crippen LogP contribution is -2.09. The van der Waals surface area contributed by atoms with Gasteiger partial charge in [-0.05, 0) is 40.2 Å². The van der Waals surface area contributed by atoms with Gasteiger partial charge in [0.25, 0.3) is 0 Å². The van der Waals surface area contributed by atoms with E-state index < -0.39 is 0 Å². The van der Waals surface area contributed by atoms with Gasteiger partial charge in [0, 0.05) is 5.56 Å². The molecule has 4 aromatic rings. The summed E-state index contributed by atoms with van der Waals surface area (Å²) in [5.74, 6) is 1.67. The second-order valence-electron chi connectivity index (χ2n) is 8.04. The standard InChI is InChI=1S/C26H27N3/c1-18(2)23-14-9-15-24(19(3)4)25(23)29-26(27-17-28-29)22-13-8-12-21(16-22)20-10-6-5-7-11-20/h5-19H,1-4H3. The summed E-state index contributed by atoms with van der Waals surface area (Å²) in [4.78, 5) is 4.65. The molecule has 0 atom stereocenters. The van der Waals surface area contributed by atoms with Gasteiger partial charge < -0.3 is 0 Å². The summed E-state index contributed by atoms with van der Waals surface area (Å²) >= 11 is 0. The minimum atomic E-state index is 0.399. The molecule has 146 valence electrons. The van der Waals surface area contributed by atoms with E-state index in [9.17, 15) is 0 Å². The number of rotatable bonds is 5. The average Bonchev–Trinajstić information content (AvgIpc) is 3.23. The zero-order valence-electron chi connectivity index (χ0n) is 17.5. The molecule has 0 spiro atoms. The van der Waals surface area contributed by atoms with E-state index in [4.69, 9.17) is 0 Å². The predicted molar refractivity (Wildman–Crippen MR) is 120 cm³/mol. The van der Waals surface area contributed by atoms with E-state index in [2.05, 4.69) is 105 Å². The van der Waals surface area contributed by atoms with Gasteiger partial charge in [-0.3, -0.25) is 0 Å². The molecule has 0 saturated heterocycles. The molecular formula is C26H27N3. The van der Waals surface area contributed by atoms with Crippen LogP contribution in [-0.2, 0) is 0 Å². The van der Waals surface area contributed by atoms with Crippen molar-refractivity contribution in [1.29, 1.82) is 0 Å². The number of benzene rings is 3. The smallest absolute Gasteiger partial charge is 0.163 e. The maximum Gasteiger partial charge on any atom is 0.163 e. The van der Waals surface area contributed by atoms with Crippen LogP contribution in [0, 0.1) is 0 Å². The zero-order chi connectivity index (χ0) is 20.4. The molecule has 0 bridgehead atoms.